The van der Waals surface area contributed by atoms with E-state index in [2.05, 4.69) is 40.8 Å². The van der Waals surface area contributed by atoms with Crippen molar-refractivity contribution in [1.29, 1.82) is 0 Å². The maximum Gasteiger partial charge on any atom is 0.256 e. The number of halogens is 2. The lowest BCUT2D eigenvalue weighted by molar-refractivity contribution is 0.125. The first-order valence-electron chi connectivity index (χ1n) is 12.6. The fourth-order valence-corrected chi connectivity index (χ4v) is 4.31. The number of imidazole rings is 1. The molecule has 190 valence electrons. The maximum absolute atomic E-state index is 13.1. The molecule has 0 spiro atoms. The number of alkyl halides is 2. The lowest BCUT2D eigenvalue weighted by Gasteiger charge is -2.22. The van der Waals surface area contributed by atoms with E-state index in [0.29, 0.717) is 29.2 Å². The Kier molecular flexibility index (Phi) is 9.57. The molecule has 1 aliphatic carbocycles. The van der Waals surface area contributed by atoms with Gasteiger partial charge >= 0.3 is 0 Å². The Labute approximate surface area is 207 Å². The van der Waals surface area contributed by atoms with E-state index in [1.807, 2.05) is 25.3 Å². The van der Waals surface area contributed by atoms with Crippen molar-refractivity contribution in [3.8, 4) is 0 Å². The summed E-state index contributed by atoms with van der Waals surface area (Å²) in [5.41, 5.74) is 3.88. The van der Waals surface area contributed by atoms with Crippen molar-refractivity contribution < 1.29 is 8.78 Å². The van der Waals surface area contributed by atoms with Crippen molar-refractivity contribution in [1.82, 2.24) is 24.1 Å². The Bertz CT molecular complexity index is 1140. The van der Waals surface area contributed by atoms with Crippen molar-refractivity contribution in [2.45, 2.75) is 91.7 Å². The van der Waals surface area contributed by atoms with Crippen LogP contribution in [-0.2, 0) is 6.54 Å². The van der Waals surface area contributed by atoms with Gasteiger partial charge in [-0.2, -0.15) is 0 Å². The van der Waals surface area contributed by atoms with Crippen molar-refractivity contribution in [3.63, 3.8) is 0 Å². The number of aromatic nitrogens is 5. The molecular weight excluding hydrogens is 446 g/mol. The zero-order chi connectivity index (χ0) is 25.4. The van der Waals surface area contributed by atoms with Crippen LogP contribution in [0.3, 0.4) is 0 Å². The van der Waals surface area contributed by atoms with Crippen LogP contribution in [0.25, 0.3) is 17.2 Å². The number of rotatable bonds is 8. The smallest absolute Gasteiger partial charge is 0.256 e. The molecule has 0 aromatic carbocycles. The van der Waals surface area contributed by atoms with Gasteiger partial charge in [0.1, 0.15) is 5.82 Å². The molecule has 35 heavy (non-hydrogen) atoms. The van der Waals surface area contributed by atoms with Gasteiger partial charge in [-0.25, -0.2) is 23.3 Å². The third-order valence-corrected chi connectivity index (χ3v) is 6.38. The minimum atomic E-state index is -2.45. The number of hydrogen-bond donors (Lipinski definition) is 1. The Morgan fingerprint density at radius 3 is 2.54 bits per heavy atom. The molecule has 1 N–H and O–H groups in total. The summed E-state index contributed by atoms with van der Waals surface area (Å²) in [7, 11) is 0. The van der Waals surface area contributed by atoms with Crippen LogP contribution in [-0.4, -0.2) is 36.6 Å². The second-order valence-electron chi connectivity index (χ2n) is 9.06. The van der Waals surface area contributed by atoms with E-state index in [1.54, 1.807) is 28.3 Å². The van der Waals surface area contributed by atoms with Crippen molar-refractivity contribution >= 4 is 23.1 Å². The Morgan fingerprint density at radius 1 is 1.20 bits per heavy atom. The lowest BCUT2D eigenvalue weighted by atomic mass is 9.96. The molecule has 0 radical (unpaired) electrons. The molecule has 0 atom stereocenters. The van der Waals surface area contributed by atoms with E-state index < -0.39 is 13.0 Å². The molecule has 6 nitrogen and oxygen atoms in total. The van der Waals surface area contributed by atoms with Gasteiger partial charge in [0.25, 0.3) is 6.43 Å². The van der Waals surface area contributed by atoms with E-state index in [1.165, 1.54) is 32.1 Å². The van der Waals surface area contributed by atoms with Crippen LogP contribution in [0.15, 0.2) is 31.1 Å². The number of allylic oxidation sites excluding steroid dienone is 2. The quantitative estimate of drug-likeness (QED) is 0.347. The van der Waals surface area contributed by atoms with Gasteiger partial charge in [0.15, 0.2) is 0 Å². The van der Waals surface area contributed by atoms with E-state index in [4.69, 9.17) is 0 Å². The summed E-state index contributed by atoms with van der Waals surface area (Å²) < 4.78 is 29.5. The van der Waals surface area contributed by atoms with Crippen LogP contribution < -0.4 is 5.32 Å². The molecule has 8 heteroatoms. The predicted molar refractivity (Wildman–Crippen MR) is 140 cm³/mol. The molecule has 3 aromatic heterocycles. The van der Waals surface area contributed by atoms with Gasteiger partial charge in [0, 0.05) is 17.8 Å². The summed E-state index contributed by atoms with van der Waals surface area (Å²) in [6, 6.07) is 2.36. The van der Waals surface area contributed by atoms with Crippen LogP contribution >= 0.6 is 0 Å². The maximum atomic E-state index is 13.1. The highest BCUT2D eigenvalue weighted by molar-refractivity contribution is 5.92. The third-order valence-electron chi connectivity index (χ3n) is 6.38. The molecule has 1 saturated carbocycles. The van der Waals surface area contributed by atoms with Gasteiger partial charge in [-0.1, -0.05) is 58.6 Å². The molecule has 1 aliphatic rings. The van der Waals surface area contributed by atoms with E-state index in [9.17, 15) is 8.78 Å². The summed E-state index contributed by atoms with van der Waals surface area (Å²) in [6.45, 7) is 11.5. The summed E-state index contributed by atoms with van der Waals surface area (Å²) in [6.07, 6.45) is 13.5. The fraction of sp³-hybridized carbons (Fsp3) is 0.519. The first-order valence-corrected chi connectivity index (χ1v) is 12.6. The molecule has 0 bridgehead atoms. The molecule has 3 heterocycles. The zero-order valence-electron chi connectivity index (χ0n) is 21.4. The van der Waals surface area contributed by atoms with Crippen LogP contribution in [0, 0.1) is 13.8 Å². The third kappa shape index (κ3) is 6.77. The molecule has 0 amide bonds. The second-order valence-corrected chi connectivity index (χ2v) is 9.06. The summed E-state index contributed by atoms with van der Waals surface area (Å²) in [4.78, 5) is 8.89. The molecule has 0 aliphatic heterocycles. The summed E-state index contributed by atoms with van der Waals surface area (Å²) in [5.74, 6) is 1.18. The van der Waals surface area contributed by atoms with Crippen molar-refractivity contribution in [3.05, 3.63) is 53.9 Å². The largest absolute Gasteiger partial charge is 0.350 e. The predicted octanol–water partition coefficient (Wildman–Crippen LogP) is 7.09. The highest BCUT2D eigenvalue weighted by Crippen LogP contribution is 2.27. The first-order chi connectivity index (χ1) is 16.9. The monoisotopic (exact) mass is 484 g/mol. The van der Waals surface area contributed by atoms with Gasteiger partial charge in [-0.15, -0.1) is 5.10 Å². The van der Waals surface area contributed by atoms with Gasteiger partial charge in [-0.3, -0.25) is 0 Å². The number of hydrogen-bond acceptors (Lipinski definition) is 4. The fourth-order valence-electron chi connectivity index (χ4n) is 4.31. The zero-order valence-corrected chi connectivity index (χ0v) is 21.4. The number of unbranched alkanes of at least 4 members (excludes halogenated alkanes) is 1. The van der Waals surface area contributed by atoms with Gasteiger partial charge in [0.2, 0.25) is 5.95 Å². The van der Waals surface area contributed by atoms with Gasteiger partial charge in [-0.05, 0) is 44.4 Å². The Morgan fingerprint density at radius 2 is 1.91 bits per heavy atom. The average molecular weight is 485 g/mol. The van der Waals surface area contributed by atoms with E-state index in [-0.39, 0.29) is 0 Å². The molecular formula is C27H38F2N6. The number of anilines is 1. The Balaban J connectivity index is 0.000000795. The van der Waals surface area contributed by atoms with Crippen LogP contribution in [0.2, 0.25) is 0 Å². The first kappa shape index (κ1) is 26.6. The molecule has 4 rings (SSSR count). The number of aryl methyl sites for hydroxylation is 2. The molecule has 3 aromatic rings. The van der Waals surface area contributed by atoms with Gasteiger partial charge < -0.3 is 9.88 Å². The molecule has 0 unspecified atom stereocenters. The second kappa shape index (κ2) is 12.6. The molecule has 1 fully saturated rings. The summed E-state index contributed by atoms with van der Waals surface area (Å²) in [5, 5.41) is 8.05. The average Bonchev–Trinajstić information content (AvgIpc) is 3.38. The highest BCUT2D eigenvalue weighted by Gasteiger charge is 2.17. The number of nitrogens with zero attached hydrogens (tertiary/aromatic N) is 5. The lowest BCUT2D eigenvalue weighted by Crippen LogP contribution is -2.23. The number of nitrogens with one attached hydrogen (secondary N) is 1. The van der Waals surface area contributed by atoms with Crippen LogP contribution in [0.1, 0.15) is 81.6 Å². The Hall–Kier alpha value is -3.03. The van der Waals surface area contributed by atoms with Gasteiger partial charge in [0.05, 0.1) is 29.6 Å². The summed E-state index contributed by atoms with van der Waals surface area (Å²) >= 11 is 0. The molecule has 0 saturated heterocycles. The SMILES string of the molecule is C=C/C(=C\c1c(C)nc(C)n1CC(F)F)c1ccn2nc(NC3CCCCC3)ncc12.CCCC. The van der Waals surface area contributed by atoms with E-state index in [0.717, 1.165) is 29.5 Å². The highest BCUT2D eigenvalue weighted by atomic mass is 19.3. The van der Waals surface area contributed by atoms with Crippen molar-refractivity contribution in [2.24, 2.45) is 0 Å². The topological polar surface area (TPSA) is 60.0 Å². The standard InChI is InChI=1S/C23H28F2N6.C4H10/c1-4-17(12-20-15(2)27-16(3)30(20)14-22(24)25)19-10-11-31-21(19)13-26-23(29-31)28-18-8-6-5-7-9-18;1-3-4-2/h4,10-13,18,22H,1,5-9,14H2,2-3H3,(H,28,29);3-4H2,1-2H3/b17-12+;. The van der Waals surface area contributed by atoms with E-state index >= 15 is 0 Å². The normalized spacial score (nSPS) is 14.8. The van der Waals surface area contributed by atoms with Crippen molar-refractivity contribution in [2.75, 3.05) is 5.32 Å². The van der Waals surface area contributed by atoms with Crippen LogP contribution in [0.4, 0.5) is 14.7 Å². The number of fused-ring (bicyclic) bond motifs is 1. The van der Waals surface area contributed by atoms with Crippen LogP contribution in [0.5, 0.6) is 0 Å². The minimum Gasteiger partial charge on any atom is -0.350 e. The minimum absolute atomic E-state index is 0.390.